The Morgan fingerprint density at radius 1 is 1.38 bits per heavy atom. The minimum Gasteiger partial charge on any atom is -0.496 e. The van der Waals surface area contributed by atoms with E-state index in [0.717, 1.165) is 43.5 Å². The van der Waals surface area contributed by atoms with Gasteiger partial charge in [-0.15, -0.1) is 0 Å². The zero-order valence-corrected chi connectivity index (χ0v) is 15.1. The summed E-state index contributed by atoms with van der Waals surface area (Å²) in [6, 6.07) is 6.33. The standard InChI is InChI=1S/C18H25ClN4O/c1-20-18(21-12-14-5-6-15(19)11-17(14)24-2)23-10-7-16(13-23)22-8-3-4-9-22/h3-6,11,16H,7-10,12-13H2,1-2H3,(H,20,21). The summed E-state index contributed by atoms with van der Waals surface area (Å²) in [5.41, 5.74) is 1.07. The van der Waals surface area contributed by atoms with Gasteiger partial charge in [0, 0.05) is 56.4 Å². The Bertz CT molecular complexity index is 623. The molecule has 1 aromatic carbocycles. The van der Waals surface area contributed by atoms with Crippen LogP contribution in [0.5, 0.6) is 5.75 Å². The molecule has 3 rings (SSSR count). The normalized spacial score (nSPS) is 21.5. The van der Waals surface area contributed by atoms with Gasteiger partial charge in [0.05, 0.1) is 7.11 Å². The van der Waals surface area contributed by atoms with Crippen LogP contribution in [0.4, 0.5) is 0 Å². The first-order valence-corrected chi connectivity index (χ1v) is 8.76. The van der Waals surface area contributed by atoms with Crippen LogP contribution in [0.15, 0.2) is 35.3 Å². The Morgan fingerprint density at radius 3 is 2.88 bits per heavy atom. The van der Waals surface area contributed by atoms with E-state index in [4.69, 9.17) is 16.3 Å². The SMILES string of the molecule is CN=C(NCc1ccc(Cl)cc1OC)N1CCC(N2CC=CC2)C1. The first-order valence-electron chi connectivity index (χ1n) is 8.38. The molecule has 1 fully saturated rings. The first kappa shape index (κ1) is 17.1. The summed E-state index contributed by atoms with van der Waals surface area (Å²) in [6.45, 7) is 4.89. The fourth-order valence-corrected chi connectivity index (χ4v) is 3.56. The molecule has 1 aromatic rings. The van der Waals surface area contributed by atoms with E-state index in [1.54, 1.807) is 7.11 Å². The summed E-state index contributed by atoms with van der Waals surface area (Å²) in [5, 5.41) is 4.13. The predicted octanol–water partition coefficient (Wildman–Crippen LogP) is 2.37. The van der Waals surface area contributed by atoms with Crippen molar-refractivity contribution in [3.05, 3.63) is 40.9 Å². The summed E-state index contributed by atoms with van der Waals surface area (Å²) in [5.74, 6) is 1.74. The smallest absolute Gasteiger partial charge is 0.193 e. The molecule has 0 aliphatic carbocycles. The van der Waals surface area contributed by atoms with E-state index < -0.39 is 0 Å². The molecular formula is C18H25ClN4O. The van der Waals surface area contributed by atoms with E-state index in [2.05, 4.69) is 32.3 Å². The lowest BCUT2D eigenvalue weighted by atomic mass is 10.2. The van der Waals surface area contributed by atoms with Crippen molar-refractivity contribution in [2.45, 2.75) is 19.0 Å². The lowest BCUT2D eigenvalue weighted by Gasteiger charge is -2.25. The average Bonchev–Trinajstić information content (AvgIpc) is 3.27. The van der Waals surface area contributed by atoms with Gasteiger partial charge < -0.3 is 15.0 Å². The number of aliphatic imine (C=N–C) groups is 1. The quantitative estimate of drug-likeness (QED) is 0.515. The van der Waals surface area contributed by atoms with E-state index in [0.29, 0.717) is 17.6 Å². The number of benzene rings is 1. The third kappa shape index (κ3) is 3.84. The highest BCUT2D eigenvalue weighted by atomic mass is 35.5. The Kier molecular flexibility index (Phi) is 5.63. The maximum absolute atomic E-state index is 6.03. The largest absolute Gasteiger partial charge is 0.496 e. The van der Waals surface area contributed by atoms with Crippen molar-refractivity contribution in [1.82, 2.24) is 15.1 Å². The van der Waals surface area contributed by atoms with Gasteiger partial charge in [0.25, 0.3) is 0 Å². The van der Waals surface area contributed by atoms with Crippen molar-refractivity contribution in [2.24, 2.45) is 4.99 Å². The lowest BCUT2D eigenvalue weighted by molar-refractivity contribution is 0.259. The van der Waals surface area contributed by atoms with Gasteiger partial charge in [0.15, 0.2) is 5.96 Å². The molecule has 2 heterocycles. The molecule has 0 spiro atoms. The molecule has 5 nitrogen and oxygen atoms in total. The number of hydrogen-bond acceptors (Lipinski definition) is 3. The minimum absolute atomic E-state index is 0.614. The van der Waals surface area contributed by atoms with Crippen LogP contribution in [0, 0.1) is 0 Å². The summed E-state index contributed by atoms with van der Waals surface area (Å²) in [7, 11) is 3.51. The molecule has 130 valence electrons. The zero-order chi connectivity index (χ0) is 16.9. The molecular weight excluding hydrogens is 324 g/mol. The van der Waals surface area contributed by atoms with Crippen molar-refractivity contribution in [2.75, 3.05) is 40.3 Å². The van der Waals surface area contributed by atoms with Crippen molar-refractivity contribution in [1.29, 1.82) is 0 Å². The number of rotatable bonds is 4. The average molecular weight is 349 g/mol. The fraction of sp³-hybridized carbons (Fsp3) is 0.500. The monoisotopic (exact) mass is 348 g/mol. The Hall–Kier alpha value is -1.72. The van der Waals surface area contributed by atoms with Gasteiger partial charge in [-0.3, -0.25) is 9.89 Å². The Balaban J connectivity index is 1.58. The highest BCUT2D eigenvalue weighted by Gasteiger charge is 2.29. The maximum Gasteiger partial charge on any atom is 0.193 e. The molecule has 0 amide bonds. The number of halogens is 1. The van der Waals surface area contributed by atoms with E-state index in [9.17, 15) is 0 Å². The van der Waals surface area contributed by atoms with E-state index in [1.165, 1.54) is 6.42 Å². The fourth-order valence-electron chi connectivity index (χ4n) is 3.40. The van der Waals surface area contributed by atoms with Gasteiger partial charge in [0.1, 0.15) is 5.75 Å². The number of hydrogen-bond donors (Lipinski definition) is 1. The van der Waals surface area contributed by atoms with Crippen LogP contribution in [-0.4, -0.2) is 62.1 Å². The van der Waals surface area contributed by atoms with Crippen LogP contribution in [0.25, 0.3) is 0 Å². The number of nitrogens with one attached hydrogen (secondary N) is 1. The van der Waals surface area contributed by atoms with Gasteiger partial charge in [-0.25, -0.2) is 0 Å². The molecule has 0 aromatic heterocycles. The van der Waals surface area contributed by atoms with Crippen LogP contribution in [-0.2, 0) is 6.54 Å². The van der Waals surface area contributed by atoms with Crippen molar-refractivity contribution >= 4 is 17.6 Å². The second kappa shape index (κ2) is 7.90. The van der Waals surface area contributed by atoms with Crippen LogP contribution in [0.1, 0.15) is 12.0 Å². The number of methoxy groups -OCH3 is 1. The highest BCUT2D eigenvalue weighted by Crippen LogP contribution is 2.23. The second-order valence-electron chi connectivity index (χ2n) is 6.17. The third-order valence-electron chi connectivity index (χ3n) is 4.72. The van der Waals surface area contributed by atoms with E-state index in [1.807, 2.05) is 25.2 Å². The summed E-state index contributed by atoms with van der Waals surface area (Å²) in [4.78, 5) is 9.31. The molecule has 6 heteroatoms. The summed E-state index contributed by atoms with van der Waals surface area (Å²) in [6.07, 6.45) is 5.69. The van der Waals surface area contributed by atoms with Gasteiger partial charge in [-0.2, -0.15) is 0 Å². The molecule has 1 atom stereocenters. The van der Waals surface area contributed by atoms with Gasteiger partial charge >= 0.3 is 0 Å². The van der Waals surface area contributed by atoms with E-state index in [-0.39, 0.29) is 0 Å². The van der Waals surface area contributed by atoms with Crippen molar-refractivity contribution in [3.63, 3.8) is 0 Å². The molecule has 0 bridgehead atoms. The van der Waals surface area contributed by atoms with Crippen LogP contribution >= 0.6 is 11.6 Å². The maximum atomic E-state index is 6.03. The predicted molar refractivity (Wildman–Crippen MR) is 98.9 cm³/mol. The third-order valence-corrected chi connectivity index (χ3v) is 4.96. The van der Waals surface area contributed by atoms with Gasteiger partial charge in [-0.05, 0) is 18.6 Å². The molecule has 24 heavy (non-hydrogen) atoms. The summed E-state index contributed by atoms with van der Waals surface area (Å²) >= 11 is 6.03. The van der Waals surface area contributed by atoms with Crippen LogP contribution in [0.2, 0.25) is 5.02 Å². The van der Waals surface area contributed by atoms with Gasteiger partial charge in [-0.1, -0.05) is 29.8 Å². The number of guanidine groups is 1. The first-order chi connectivity index (χ1) is 11.7. The molecule has 1 saturated heterocycles. The van der Waals surface area contributed by atoms with Crippen LogP contribution in [0.3, 0.4) is 0 Å². The topological polar surface area (TPSA) is 40.1 Å². The number of nitrogens with zero attached hydrogens (tertiary/aromatic N) is 3. The van der Waals surface area contributed by atoms with Crippen molar-refractivity contribution in [3.8, 4) is 5.75 Å². The van der Waals surface area contributed by atoms with Crippen LogP contribution < -0.4 is 10.1 Å². The zero-order valence-electron chi connectivity index (χ0n) is 14.3. The number of likely N-dealkylation sites (tertiary alicyclic amines) is 1. The summed E-state index contributed by atoms with van der Waals surface area (Å²) < 4.78 is 5.41. The minimum atomic E-state index is 0.614. The molecule has 2 aliphatic heterocycles. The Labute approximate surface area is 148 Å². The molecule has 0 radical (unpaired) electrons. The lowest BCUT2D eigenvalue weighted by Crippen LogP contribution is -2.42. The van der Waals surface area contributed by atoms with Gasteiger partial charge in [0.2, 0.25) is 0 Å². The molecule has 0 saturated carbocycles. The molecule has 1 N–H and O–H groups in total. The van der Waals surface area contributed by atoms with Crippen molar-refractivity contribution < 1.29 is 4.74 Å². The molecule has 2 aliphatic rings. The number of ether oxygens (including phenoxy) is 1. The van der Waals surface area contributed by atoms with E-state index >= 15 is 0 Å². The Morgan fingerprint density at radius 2 is 2.17 bits per heavy atom. The molecule has 1 unspecified atom stereocenters. The second-order valence-corrected chi connectivity index (χ2v) is 6.61. The highest BCUT2D eigenvalue weighted by molar-refractivity contribution is 6.30.